The molecule has 126 valence electrons. The molecule has 0 radical (unpaired) electrons. The van der Waals surface area contributed by atoms with Crippen molar-refractivity contribution in [3.05, 3.63) is 36.1 Å². The average Bonchev–Trinajstić information content (AvgIpc) is 2.92. The number of rotatable bonds is 5. The van der Waals surface area contributed by atoms with Crippen LogP contribution in [0.4, 0.5) is 0 Å². The van der Waals surface area contributed by atoms with Crippen molar-refractivity contribution in [2.45, 2.75) is 32.4 Å². The minimum absolute atomic E-state index is 0.132. The summed E-state index contributed by atoms with van der Waals surface area (Å²) in [4.78, 5) is 2.38. The van der Waals surface area contributed by atoms with Crippen molar-refractivity contribution >= 4 is 21.0 Å². The van der Waals surface area contributed by atoms with Crippen molar-refractivity contribution in [2.75, 3.05) is 25.9 Å². The van der Waals surface area contributed by atoms with E-state index in [-0.39, 0.29) is 6.04 Å². The van der Waals surface area contributed by atoms with E-state index in [0.717, 1.165) is 38.1 Å². The number of likely N-dealkylation sites (tertiary alicyclic amines) is 1. The number of benzene rings is 1. The van der Waals surface area contributed by atoms with Gasteiger partial charge in [-0.05, 0) is 18.9 Å². The first-order valence-corrected chi connectivity index (χ1v) is 9.98. The van der Waals surface area contributed by atoms with Crippen LogP contribution in [0.5, 0.6) is 0 Å². The first-order valence-electron chi connectivity index (χ1n) is 8.13. The van der Waals surface area contributed by atoms with Gasteiger partial charge in [0.15, 0.2) is 0 Å². The molecule has 2 aromatic rings. The van der Waals surface area contributed by atoms with E-state index in [0.29, 0.717) is 6.54 Å². The van der Waals surface area contributed by atoms with Crippen LogP contribution in [0, 0.1) is 0 Å². The SMILES string of the molecule is CCN(C1CCN(Cc2coc3ccccc23)CC1)S(C)(=O)=O. The Morgan fingerprint density at radius 3 is 2.61 bits per heavy atom. The Morgan fingerprint density at radius 1 is 1.26 bits per heavy atom. The summed E-state index contributed by atoms with van der Waals surface area (Å²) in [6.07, 6.45) is 4.92. The molecule has 1 saturated heterocycles. The van der Waals surface area contributed by atoms with E-state index in [1.54, 1.807) is 4.31 Å². The van der Waals surface area contributed by atoms with Gasteiger partial charge >= 0.3 is 0 Å². The summed E-state index contributed by atoms with van der Waals surface area (Å²) in [7, 11) is -3.11. The van der Waals surface area contributed by atoms with Crippen LogP contribution >= 0.6 is 0 Å². The fourth-order valence-corrected chi connectivity index (χ4v) is 4.75. The number of sulfonamides is 1. The summed E-state index contributed by atoms with van der Waals surface area (Å²) in [5, 5.41) is 1.17. The third-order valence-electron chi connectivity index (χ3n) is 4.66. The van der Waals surface area contributed by atoms with Crippen molar-refractivity contribution in [3.8, 4) is 0 Å². The highest BCUT2D eigenvalue weighted by Crippen LogP contribution is 2.25. The maximum atomic E-state index is 11.8. The Hall–Kier alpha value is -1.37. The molecule has 1 aliphatic rings. The molecule has 23 heavy (non-hydrogen) atoms. The molecular formula is C17H24N2O3S. The van der Waals surface area contributed by atoms with E-state index in [4.69, 9.17) is 4.42 Å². The molecule has 0 spiro atoms. The molecule has 1 fully saturated rings. The first-order chi connectivity index (χ1) is 11.0. The lowest BCUT2D eigenvalue weighted by atomic mass is 10.0. The van der Waals surface area contributed by atoms with Crippen molar-refractivity contribution < 1.29 is 12.8 Å². The number of piperidine rings is 1. The highest BCUT2D eigenvalue weighted by Gasteiger charge is 2.29. The van der Waals surface area contributed by atoms with Crippen LogP contribution in [-0.4, -0.2) is 49.6 Å². The Morgan fingerprint density at radius 2 is 1.96 bits per heavy atom. The van der Waals surface area contributed by atoms with Crippen molar-refractivity contribution in [3.63, 3.8) is 0 Å². The molecule has 0 aliphatic carbocycles. The number of fused-ring (bicyclic) bond motifs is 1. The quantitative estimate of drug-likeness (QED) is 0.842. The van der Waals surface area contributed by atoms with Gasteiger partial charge in [0.2, 0.25) is 10.0 Å². The summed E-state index contributed by atoms with van der Waals surface area (Å²) < 4.78 is 30.9. The van der Waals surface area contributed by atoms with Gasteiger partial charge in [0.05, 0.1) is 12.5 Å². The Bertz CT molecular complexity index is 761. The monoisotopic (exact) mass is 336 g/mol. The van der Waals surface area contributed by atoms with Crippen molar-refractivity contribution in [1.29, 1.82) is 0 Å². The smallest absolute Gasteiger partial charge is 0.211 e. The molecule has 0 N–H and O–H groups in total. The minimum atomic E-state index is -3.11. The molecule has 1 aromatic carbocycles. The van der Waals surface area contributed by atoms with Crippen LogP contribution in [0.15, 0.2) is 34.9 Å². The zero-order valence-corrected chi connectivity index (χ0v) is 14.6. The maximum absolute atomic E-state index is 11.8. The summed E-state index contributed by atoms with van der Waals surface area (Å²) in [6, 6.07) is 8.21. The Kier molecular flexibility index (Phi) is 4.75. The Balaban J connectivity index is 1.63. The van der Waals surface area contributed by atoms with Gasteiger partial charge in [-0.2, -0.15) is 4.31 Å². The molecule has 0 amide bonds. The topological polar surface area (TPSA) is 53.8 Å². The van der Waals surface area contributed by atoms with Crippen LogP contribution in [0.25, 0.3) is 11.0 Å². The van der Waals surface area contributed by atoms with Gasteiger partial charge in [-0.3, -0.25) is 4.90 Å². The molecule has 0 atom stereocenters. The molecule has 1 aliphatic heterocycles. The lowest BCUT2D eigenvalue weighted by Gasteiger charge is -2.36. The molecule has 5 nitrogen and oxygen atoms in total. The van der Waals surface area contributed by atoms with Crippen LogP contribution in [0.3, 0.4) is 0 Å². The molecule has 0 bridgehead atoms. The predicted octanol–water partition coefficient (Wildman–Crippen LogP) is 2.68. The van der Waals surface area contributed by atoms with Gasteiger partial charge in [-0.15, -0.1) is 0 Å². The van der Waals surface area contributed by atoms with E-state index in [9.17, 15) is 8.42 Å². The van der Waals surface area contributed by atoms with Crippen LogP contribution in [-0.2, 0) is 16.6 Å². The number of hydrogen-bond acceptors (Lipinski definition) is 4. The van der Waals surface area contributed by atoms with E-state index in [2.05, 4.69) is 11.0 Å². The fourth-order valence-electron chi connectivity index (χ4n) is 3.53. The number of furan rings is 1. The molecule has 1 aromatic heterocycles. The van der Waals surface area contributed by atoms with E-state index >= 15 is 0 Å². The molecule has 3 rings (SSSR count). The van der Waals surface area contributed by atoms with Crippen LogP contribution < -0.4 is 0 Å². The summed E-state index contributed by atoms with van der Waals surface area (Å²) in [5.41, 5.74) is 2.13. The lowest BCUT2D eigenvalue weighted by Crippen LogP contribution is -2.46. The largest absolute Gasteiger partial charge is 0.464 e. The summed E-state index contributed by atoms with van der Waals surface area (Å²) in [5.74, 6) is 0. The van der Waals surface area contributed by atoms with E-state index in [1.807, 2.05) is 31.4 Å². The second-order valence-corrected chi connectivity index (χ2v) is 8.17. The molecule has 2 heterocycles. The zero-order chi connectivity index (χ0) is 16.4. The normalized spacial score (nSPS) is 18.0. The Labute approximate surface area is 137 Å². The van der Waals surface area contributed by atoms with Crippen molar-refractivity contribution in [2.24, 2.45) is 0 Å². The average molecular weight is 336 g/mol. The minimum Gasteiger partial charge on any atom is -0.464 e. The lowest BCUT2D eigenvalue weighted by molar-refractivity contribution is 0.156. The van der Waals surface area contributed by atoms with Gasteiger partial charge < -0.3 is 4.42 Å². The molecule has 6 heteroatoms. The molecule has 0 saturated carbocycles. The molecule has 0 unspecified atom stereocenters. The van der Waals surface area contributed by atoms with Crippen molar-refractivity contribution in [1.82, 2.24) is 9.21 Å². The first kappa shape index (κ1) is 16.5. The van der Waals surface area contributed by atoms with Gasteiger partial charge in [0.25, 0.3) is 0 Å². The number of nitrogens with zero attached hydrogens (tertiary/aromatic N) is 2. The highest BCUT2D eigenvalue weighted by molar-refractivity contribution is 7.88. The highest BCUT2D eigenvalue weighted by atomic mass is 32.2. The van der Waals surface area contributed by atoms with Gasteiger partial charge in [0, 0.05) is 43.2 Å². The zero-order valence-electron chi connectivity index (χ0n) is 13.7. The fraction of sp³-hybridized carbons (Fsp3) is 0.529. The van der Waals surface area contributed by atoms with Gasteiger partial charge in [-0.1, -0.05) is 25.1 Å². The maximum Gasteiger partial charge on any atom is 0.211 e. The predicted molar refractivity (Wildman–Crippen MR) is 91.7 cm³/mol. The summed E-state index contributed by atoms with van der Waals surface area (Å²) >= 11 is 0. The molecular weight excluding hydrogens is 312 g/mol. The second-order valence-electron chi connectivity index (χ2n) is 6.23. The van der Waals surface area contributed by atoms with Gasteiger partial charge in [-0.25, -0.2) is 8.42 Å². The van der Waals surface area contributed by atoms with E-state index in [1.165, 1.54) is 17.2 Å². The number of para-hydroxylation sites is 1. The standard InChI is InChI=1S/C17H24N2O3S/c1-3-19(23(2,20)21)15-8-10-18(11-9-15)12-14-13-22-17-7-5-4-6-16(14)17/h4-7,13,15H,3,8-12H2,1-2H3. The third-order valence-corrected chi connectivity index (χ3v) is 6.07. The van der Waals surface area contributed by atoms with Crippen LogP contribution in [0.2, 0.25) is 0 Å². The number of hydrogen-bond donors (Lipinski definition) is 0. The van der Waals surface area contributed by atoms with Crippen LogP contribution in [0.1, 0.15) is 25.3 Å². The van der Waals surface area contributed by atoms with Gasteiger partial charge in [0.1, 0.15) is 5.58 Å². The third kappa shape index (κ3) is 3.59. The summed E-state index contributed by atoms with van der Waals surface area (Å²) in [6.45, 7) is 5.14. The van der Waals surface area contributed by atoms with E-state index < -0.39 is 10.0 Å². The second kappa shape index (κ2) is 6.63.